The van der Waals surface area contributed by atoms with Gasteiger partial charge in [-0.15, -0.1) is 0 Å². The van der Waals surface area contributed by atoms with Crippen LogP contribution >= 0.6 is 11.6 Å². The van der Waals surface area contributed by atoms with Crippen molar-refractivity contribution in [3.63, 3.8) is 0 Å². The number of aliphatic hydroxyl groups is 1. The van der Waals surface area contributed by atoms with Crippen LogP contribution in [0.1, 0.15) is 23.8 Å². The third-order valence-electron chi connectivity index (χ3n) is 2.95. The Kier molecular flexibility index (Phi) is 4.76. The molecule has 0 aliphatic carbocycles. The number of nitrogens with one attached hydrogen (secondary N) is 1. The Morgan fingerprint density at radius 1 is 1.50 bits per heavy atom. The van der Waals surface area contributed by atoms with Gasteiger partial charge in [0, 0.05) is 5.56 Å². The molecule has 0 fully saturated rings. The van der Waals surface area contributed by atoms with Crippen LogP contribution in [0.15, 0.2) is 35.1 Å². The van der Waals surface area contributed by atoms with Crippen LogP contribution in [0.4, 0.5) is 0 Å². The molecule has 1 aromatic carbocycles. The monoisotopic (exact) mass is 294 g/mol. The summed E-state index contributed by atoms with van der Waals surface area (Å²) in [5.41, 5.74) is 0.763. The molecular formula is C14H15ClN2O3. The molecule has 1 heterocycles. The van der Waals surface area contributed by atoms with Crippen LogP contribution in [-0.2, 0) is 0 Å². The molecule has 2 rings (SSSR count). The highest BCUT2D eigenvalue weighted by Crippen LogP contribution is 2.29. The van der Waals surface area contributed by atoms with Crippen molar-refractivity contribution in [3.05, 3.63) is 41.4 Å². The zero-order valence-electron chi connectivity index (χ0n) is 11.0. The second-order valence-corrected chi connectivity index (χ2v) is 4.68. The van der Waals surface area contributed by atoms with E-state index in [-0.39, 0.29) is 18.3 Å². The number of amides is 1. The molecule has 0 radical (unpaired) electrons. The minimum Gasteiger partial charge on any atom is -0.443 e. The number of halogens is 1. The number of oxazole rings is 1. The molecule has 0 aliphatic rings. The van der Waals surface area contributed by atoms with Crippen LogP contribution in [0, 0.1) is 0 Å². The number of hydrogen-bond acceptors (Lipinski definition) is 4. The maximum atomic E-state index is 12.2. The summed E-state index contributed by atoms with van der Waals surface area (Å²) in [6.07, 6.45) is 1.83. The highest BCUT2D eigenvalue weighted by Gasteiger charge is 2.21. The van der Waals surface area contributed by atoms with Gasteiger partial charge in [-0.2, -0.15) is 0 Å². The van der Waals surface area contributed by atoms with Gasteiger partial charge in [-0.3, -0.25) is 4.79 Å². The molecule has 1 amide bonds. The predicted octanol–water partition coefficient (Wildman–Crippen LogP) is 2.50. The molecule has 2 N–H and O–H groups in total. The van der Waals surface area contributed by atoms with Crippen molar-refractivity contribution in [3.8, 4) is 11.3 Å². The first kappa shape index (κ1) is 14.6. The van der Waals surface area contributed by atoms with Gasteiger partial charge in [0.25, 0.3) is 5.91 Å². The molecule has 0 saturated heterocycles. The van der Waals surface area contributed by atoms with E-state index in [2.05, 4.69) is 10.3 Å². The van der Waals surface area contributed by atoms with E-state index in [0.29, 0.717) is 22.8 Å². The van der Waals surface area contributed by atoms with E-state index >= 15 is 0 Å². The van der Waals surface area contributed by atoms with Gasteiger partial charge in [0.1, 0.15) is 0 Å². The normalized spacial score (nSPS) is 12.2. The molecule has 1 unspecified atom stereocenters. The molecule has 1 aromatic heterocycles. The van der Waals surface area contributed by atoms with Gasteiger partial charge in [0.05, 0.1) is 17.7 Å². The van der Waals surface area contributed by atoms with E-state index in [0.717, 1.165) is 0 Å². The van der Waals surface area contributed by atoms with Crippen LogP contribution in [-0.4, -0.2) is 28.6 Å². The summed E-state index contributed by atoms with van der Waals surface area (Å²) >= 11 is 6.09. The number of benzene rings is 1. The van der Waals surface area contributed by atoms with Gasteiger partial charge in [-0.25, -0.2) is 4.98 Å². The minimum absolute atomic E-state index is 0.123. The third kappa shape index (κ3) is 3.00. The zero-order valence-corrected chi connectivity index (χ0v) is 11.7. The second-order valence-electron chi connectivity index (χ2n) is 4.27. The fourth-order valence-electron chi connectivity index (χ4n) is 1.77. The first-order chi connectivity index (χ1) is 9.67. The van der Waals surface area contributed by atoms with Gasteiger partial charge in [-0.05, 0) is 18.6 Å². The van der Waals surface area contributed by atoms with E-state index < -0.39 is 5.91 Å². The van der Waals surface area contributed by atoms with Crippen LogP contribution in [0.5, 0.6) is 0 Å². The summed E-state index contributed by atoms with van der Waals surface area (Å²) in [6.45, 7) is 1.75. The Morgan fingerprint density at radius 2 is 2.25 bits per heavy atom. The number of hydrogen-bond donors (Lipinski definition) is 2. The van der Waals surface area contributed by atoms with E-state index in [1.165, 1.54) is 6.39 Å². The molecule has 0 bridgehead atoms. The third-order valence-corrected chi connectivity index (χ3v) is 3.28. The lowest BCUT2D eigenvalue weighted by molar-refractivity contribution is 0.0910. The topological polar surface area (TPSA) is 75.4 Å². The minimum atomic E-state index is -0.394. The lowest BCUT2D eigenvalue weighted by Gasteiger charge is -2.13. The summed E-state index contributed by atoms with van der Waals surface area (Å²) in [6, 6.07) is 6.75. The molecule has 5 nitrogen and oxygen atoms in total. The summed E-state index contributed by atoms with van der Waals surface area (Å²) in [4.78, 5) is 16.1. The molecule has 2 aromatic rings. The van der Waals surface area contributed by atoms with Gasteiger partial charge in [-0.1, -0.05) is 30.7 Å². The maximum Gasteiger partial charge on any atom is 0.274 e. The Balaban J connectivity index is 2.29. The van der Waals surface area contributed by atoms with Crippen LogP contribution < -0.4 is 5.32 Å². The smallest absolute Gasteiger partial charge is 0.274 e. The quantitative estimate of drug-likeness (QED) is 0.888. The number of rotatable bonds is 5. The molecule has 106 valence electrons. The van der Waals surface area contributed by atoms with E-state index in [1.807, 2.05) is 6.92 Å². The lowest BCUT2D eigenvalue weighted by Crippen LogP contribution is -2.37. The molecule has 0 aliphatic heterocycles. The maximum absolute atomic E-state index is 12.2. The molecule has 0 spiro atoms. The van der Waals surface area contributed by atoms with Crippen molar-refractivity contribution in [1.82, 2.24) is 10.3 Å². The van der Waals surface area contributed by atoms with Crippen molar-refractivity contribution in [2.24, 2.45) is 0 Å². The number of aromatic nitrogens is 1. The number of nitrogens with zero attached hydrogens (tertiary/aromatic N) is 1. The second kappa shape index (κ2) is 6.54. The van der Waals surface area contributed by atoms with E-state index in [4.69, 9.17) is 21.1 Å². The SMILES string of the molecule is CCC(CO)NC(=O)c1ncoc1-c1ccccc1Cl. The average molecular weight is 295 g/mol. The standard InChI is InChI=1S/C14H15ClN2O3/c1-2-9(7-18)17-14(19)12-13(20-8-16-12)10-5-3-4-6-11(10)15/h3-6,8-9,18H,2,7H2,1H3,(H,17,19). The highest BCUT2D eigenvalue weighted by atomic mass is 35.5. The molecule has 0 saturated carbocycles. The Morgan fingerprint density at radius 3 is 2.90 bits per heavy atom. The zero-order chi connectivity index (χ0) is 14.5. The average Bonchev–Trinajstić information content (AvgIpc) is 2.94. The Hall–Kier alpha value is -1.85. The predicted molar refractivity (Wildman–Crippen MR) is 75.6 cm³/mol. The van der Waals surface area contributed by atoms with Crippen molar-refractivity contribution in [2.45, 2.75) is 19.4 Å². The summed E-state index contributed by atoms with van der Waals surface area (Å²) in [5, 5.41) is 12.3. The molecule has 1 atom stereocenters. The fraction of sp³-hybridized carbons (Fsp3) is 0.286. The van der Waals surface area contributed by atoms with Gasteiger partial charge in [0.15, 0.2) is 17.8 Å². The largest absolute Gasteiger partial charge is 0.443 e. The first-order valence-electron chi connectivity index (χ1n) is 6.27. The van der Waals surface area contributed by atoms with Crippen molar-refractivity contribution in [1.29, 1.82) is 0 Å². The summed E-state index contributed by atoms with van der Waals surface area (Å²) < 4.78 is 5.28. The first-order valence-corrected chi connectivity index (χ1v) is 6.65. The Labute approximate surface area is 121 Å². The van der Waals surface area contributed by atoms with E-state index in [9.17, 15) is 4.79 Å². The summed E-state index contributed by atoms with van der Waals surface area (Å²) in [7, 11) is 0. The lowest BCUT2D eigenvalue weighted by atomic mass is 10.1. The van der Waals surface area contributed by atoms with E-state index in [1.54, 1.807) is 24.3 Å². The van der Waals surface area contributed by atoms with Gasteiger partial charge < -0.3 is 14.8 Å². The van der Waals surface area contributed by atoms with Gasteiger partial charge >= 0.3 is 0 Å². The molecule has 20 heavy (non-hydrogen) atoms. The Bertz CT molecular complexity index is 594. The van der Waals surface area contributed by atoms with Crippen molar-refractivity contribution >= 4 is 17.5 Å². The molecule has 6 heteroatoms. The highest BCUT2D eigenvalue weighted by molar-refractivity contribution is 6.33. The van der Waals surface area contributed by atoms with Crippen LogP contribution in [0.25, 0.3) is 11.3 Å². The van der Waals surface area contributed by atoms with Crippen molar-refractivity contribution < 1.29 is 14.3 Å². The van der Waals surface area contributed by atoms with Gasteiger partial charge in [0.2, 0.25) is 0 Å². The van der Waals surface area contributed by atoms with Crippen LogP contribution in [0.2, 0.25) is 5.02 Å². The molecular weight excluding hydrogens is 280 g/mol. The number of aliphatic hydroxyl groups excluding tert-OH is 1. The summed E-state index contributed by atoms with van der Waals surface area (Å²) in [5.74, 6) is -0.0736. The fourth-order valence-corrected chi connectivity index (χ4v) is 2.00. The number of carbonyl (C=O) groups excluding carboxylic acids is 1. The van der Waals surface area contributed by atoms with Crippen molar-refractivity contribution in [2.75, 3.05) is 6.61 Å². The van der Waals surface area contributed by atoms with Crippen LogP contribution in [0.3, 0.4) is 0 Å². The number of carbonyl (C=O) groups is 1.